The number of rotatable bonds is 18. The quantitative estimate of drug-likeness (QED) is 0.193. The van der Waals surface area contributed by atoms with Gasteiger partial charge >= 0.3 is 5.97 Å². The summed E-state index contributed by atoms with van der Waals surface area (Å²) in [6.45, 7) is 3.66. The molecule has 0 aliphatic carbocycles. The minimum absolute atomic E-state index is 0.321. The minimum atomic E-state index is -1.40. The van der Waals surface area contributed by atoms with Gasteiger partial charge in [0.25, 0.3) is 0 Å². The van der Waals surface area contributed by atoms with Crippen molar-refractivity contribution in [3.8, 4) is 0 Å². The van der Waals surface area contributed by atoms with Crippen molar-refractivity contribution in [2.45, 2.75) is 129 Å². The Labute approximate surface area is 155 Å². The molecule has 0 radical (unpaired) electrons. The summed E-state index contributed by atoms with van der Waals surface area (Å²) < 4.78 is 4.70. The summed E-state index contributed by atoms with van der Waals surface area (Å²) in [4.78, 5) is 11.4. The SMILES string of the molecule is CCCCCCCCCCCCCCCCCC(=O)OC(O)C(C)O. The second-order valence-corrected chi connectivity index (χ2v) is 7.32. The molecule has 0 aromatic carbocycles. The molecule has 0 aliphatic heterocycles. The number of unbranched alkanes of at least 4 members (excludes halogenated alkanes) is 14. The highest BCUT2D eigenvalue weighted by Gasteiger charge is 2.15. The van der Waals surface area contributed by atoms with Crippen LogP contribution in [0.1, 0.15) is 117 Å². The molecule has 0 rings (SSSR count). The van der Waals surface area contributed by atoms with E-state index in [4.69, 9.17) is 9.84 Å². The second kappa shape index (κ2) is 18.2. The number of aliphatic hydroxyl groups is 2. The number of hydrogen-bond donors (Lipinski definition) is 2. The third-order valence-corrected chi connectivity index (χ3v) is 4.65. The second-order valence-electron chi connectivity index (χ2n) is 7.32. The topological polar surface area (TPSA) is 66.8 Å². The van der Waals surface area contributed by atoms with E-state index >= 15 is 0 Å². The summed E-state index contributed by atoms with van der Waals surface area (Å²) in [5.74, 6) is -0.428. The van der Waals surface area contributed by atoms with Gasteiger partial charge in [-0.2, -0.15) is 0 Å². The lowest BCUT2D eigenvalue weighted by atomic mass is 10.0. The van der Waals surface area contributed by atoms with Crippen LogP contribution in [0.5, 0.6) is 0 Å². The minimum Gasteiger partial charge on any atom is -0.433 e. The highest BCUT2D eigenvalue weighted by Crippen LogP contribution is 2.14. The zero-order valence-electron chi connectivity index (χ0n) is 16.7. The number of carbonyl (C=O) groups is 1. The van der Waals surface area contributed by atoms with E-state index in [9.17, 15) is 9.90 Å². The van der Waals surface area contributed by atoms with Crippen molar-refractivity contribution in [3.63, 3.8) is 0 Å². The Hall–Kier alpha value is -0.610. The molecule has 4 nitrogen and oxygen atoms in total. The summed E-state index contributed by atoms with van der Waals surface area (Å²) in [5, 5.41) is 18.3. The molecule has 4 heteroatoms. The lowest BCUT2D eigenvalue weighted by Gasteiger charge is -2.14. The van der Waals surface area contributed by atoms with Crippen LogP contribution < -0.4 is 0 Å². The van der Waals surface area contributed by atoms with Crippen LogP contribution in [-0.2, 0) is 9.53 Å². The van der Waals surface area contributed by atoms with Crippen molar-refractivity contribution in [2.75, 3.05) is 0 Å². The molecule has 0 aromatic heterocycles. The zero-order valence-corrected chi connectivity index (χ0v) is 16.7. The van der Waals surface area contributed by atoms with Crippen LogP contribution in [0.2, 0.25) is 0 Å². The molecule has 2 unspecified atom stereocenters. The first kappa shape index (κ1) is 24.4. The van der Waals surface area contributed by atoms with Gasteiger partial charge in [-0.3, -0.25) is 4.79 Å². The highest BCUT2D eigenvalue weighted by atomic mass is 16.6. The Balaban J connectivity index is 3.17. The normalized spacial score (nSPS) is 13.6. The monoisotopic (exact) mass is 358 g/mol. The van der Waals surface area contributed by atoms with Gasteiger partial charge in [-0.05, 0) is 13.3 Å². The van der Waals surface area contributed by atoms with Crippen molar-refractivity contribution in [1.29, 1.82) is 0 Å². The molecule has 0 heterocycles. The zero-order chi connectivity index (χ0) is 18.8. The van der Waals surface area contributed by atoms with E-state index in [0.29, 0.717) is 6.42 Å². The van der Waals surface area contributed by atoms with Crippen LogP contribution >= 0.6 is 0 Å². The van der Waals surface area contributed by atoms with E-state index in [-0.39, 0.29) is 0 Å². The maximum atomic E-state index is 11.4. The van der Waals surface area contributed by atoms with Crippen LogP contribution in [0.4, 0.5) is 0 Å². The van der Waals surface area contributed by atoms with Crippen molar-refractivity contribution in [1.82, 2.24) is 0 Å². The molecule has 0 bridgehead atoms. The summed E-state index contributed by atoms with van der Waals surface area (Å²) in [6, 6.07) is 0. The number of esters is 1. The molecule has 0 spiro atoms. The lowest BCUT2D eigenvalue weighted by Crippen LogP contribution is -2.28. The van der Waals surface area contributed by atoms with Crippen molar-refractivity contribution in [3.05, 3.63) is 0 Å². The molecular weight excluding hydrogens is 316 g/mol. The Bertz CT molecular complexity index is 292. The van der Waals surface area contributed by atoms with Gasteiger partial charge in [0.1, 0.15) is 6.10 Å². The average Bonchev–Trinajstić information content (AvgIpc) is 2.58. The Morgan fingerprint density at radius 3 is 1.44 bits per heavy atom. The fourth-order valence-corrected chi connectivity index (χ4v) is 2.93. The van der Waals surface area contributed by atoms with E-state index < -0.39 is 18.4 Å². The maximum absolute atomic E-state index is 11.4. The number of aliphatic hydroxyl groups excluding tert-OH is 2. The van der Waals surface area contributed by atoms with Crippen molar-refractivity contribution >= 4 is 5.97 Å². The summed E-state index contributed by atoms with van der Waals surface area (Å²) in [5.41, 5.74) is 0. The van der Waals surface area contributed by atoms with Crippen LogP contribution in [0, 0.1) is 0 Å². The first-order valence-electron chi connectivity index (χ1n) is 10.6. The van der Waals surface area contributed by atoms with Gasteiger partial charge in [-0.25, -0.2) is 0 Å². The van der Waals surface area contributed by atoms with Gasteiger partial charge in [-0.1, -0.05) is 96.8 Å². The predicted molar refractivity (Wildman–Crippen MR) is 103 cm³/mol. The average molecular weight is 359 g/mol. The number of ether oxygens (including phenoxy) is 1. The molecule has 0 amide bonds. The molecule has 0 saturated carbocycles. The molecule has 2 atom stereocenters. The van der Waals surface area contributed by atoms with Gasteiger partial charge in [-0.15, -0.1) is 0 Å². The van der Waals surface area contributed by atoms with Crippen LogP contribution in [0.3, 0.4) is 0 Å². The number of hydrogen-bond acceptors (Lipinski definition) is 4. The largest absolute Gasteiger partial charge is 0.433 e. The smallest absolute Gasteiger partial charge is 0.308 e. The van der Waals surface area contributed by atoms with Crippen molar-refractivity contribution < 1.29 is 19.7 Å². The van der Waals surface area contributed by atoms with Crippen LogP contribution in [0.25, 0.3) is 0 Å². The lowest BCUT2D eigenvalue weighted by molar-refractivity contribution is -0.184. The van der Waals surface area contributed by atoms with Gasteiger partial charge in [0.15, 0.2) is 0 Å². The van der Waals surface area contributed by atoms with Gasteiger partial charge in [0, 0.05) is 6.42 Å². The molecule has 2 N–H and O–H groups in total. The van der Waals surface area contributed by atoms with E-state index in [1.54, 1.807) is 0 Å². The molecule has 0 aromatic rings. The first-order valence-corrected chi connectivity index (χ1v) is 10.6. The molecule has 0 saturated heterocycles. The molecule has 0 fully saturated rings. The first-order chi connectivity index (χ1) is 12.1. The third kappa shape index (κ3) is 18.0. The van der Waals surface area contributed by atoms with E-state index in [0.717, 1.165) is 19.3 Å². The van der Waals surface area contributed by atoms with Gasteiger partial charge < -0.3 is 14.9 Å². The fraction of sp³-hybridized carbons (Fsp3) is 0.952. The third-order valence-electron chi connectivity index (χ3n) is 4.65. The molecule has 25 heavy (non-hydrogen) atoms. The van der Waals surface area contributed by atoms with Gasteiger partial charge in [0.05, 0.1) is 0 Å². The molecule has 150 valence electrons. The molecule has 0 aliphatic rings. The fourth-order valence-electron chi connectivity index (χ4n) is 2.93. The van der Waals surface area contributed by atoms with Crippen molar-refractivity contribution in [2.24, 2.45) is 0 Å². The van der Waals surface area contributed by atoms with E-state index in [2.05, 4.69) is 6.92 Å². The Kier molecular flexibility index (Phi) is 17.7. The summed E-state index contributed by atoms with van der Waals surface area (Å²) >= 11 is 0. The number of carbonyl (C=O) groups excluding carboxylic acids is 1. The van der Waals surface area contributed by atoms with E-state index in [1.165, 1.54) is 84.0 Å². The maximum Gasteiger partial charge on any atom is 0.308 e. The molecular formula is C21H42O4. The summed E-state index contributed by atoms with van der Waals surface area (Å²) in [7, 11) is 0. The Morgan fingerprint density at radius 2 is 1.08 bits per heavy atom. The standard InChI is InChI=1S/C21H42O4/c1-3-4-5-6-7-8-9-10-11-12-13-14-15-16-17-18-20(23)25-21(24)19(2)22/h19,21-22,24H,3-18H2,1-2H3. The van der Waals surface area contributed by atoms with Crippen LogP contribution in [-0.4, -0.2) is 28.6 Å². The predicted octanol–water partition coefficient (Wildman–Crippen LogP) is 5.49. The Morgan fingerprint density at radius 1 is 0.720 bits per heavy atom. The van der Waals surface area contributed by atoms with Crippen LogP contribution in [0.15, 0.2) is 0 Å². The van der Waals surface area contributed by atoms with E-state index in [1.807, 2.05) is 0 Å². The van der Waals surface area contributed by atoms with Gasteiger partial charge in [0.2, 0.25) is 6.29 Å². The summed E-state index contributed by atoms with van der Waals surface area (Å²) in [6.07, 6.45) is 17.2. The highest BCUT2D eigenvalue weighted by molar-refractivity contribution is 5.69.